The molecule has 1 aromatic carbocycles. The van der Waals surface area contributed by atoms with Crippen LogP contribution in [0.15, 0.2) is 18.2 Å². The lowest BCUT2D eigenvalue weighted by Gasteiger charge is -2.49. The second kappa shape index (κ2) is 7.71. The van der Waals surface area contributed by atoms with E-state index in [1.54, 1.807) is 0 Å². The molecule has 0 radical (unpaired) electrons. The largest absolute Gasteiger partial charge is 0.393 e. The van der Waals surface area contributed by atoms with Gasteiger partial charge in [0.25, 0.3) is 0 Å². The van der Waals surface area contributed by atoms with E-state index in [1.807, 2.05) is 18.2 Å². The minimum absolute atomic E-state index is 0.0157. The third kappa shape index (κ3) is 3.46. The van der Waals surface area contributed by atoms with Crippen molar-refractivity contribution in [3.05, 3.63) is 28.8 Å². The lowest BCUT2D eigenvalue weighted by Crippen LogP contribution is -2.61. The molecule has 174 valence electrons. The minimum atomic E-state index is -0.770. The summed E-state index contributed by atoms with van der Waals surface area (Å²) in [6.45, 7) is 4.57. The molecule has 2 saturated carbocycles. The summed E-state index contributed by atoms with van der Waals surface area (Å²) >= 11 is 6.23. The van der Waals surface area contributed by atoms with Crippen LogP contribution < -0.4 is 16.0 Å². The summed E-state index contributed by atoms with van der Waals surface area (Å²) in [4.78, 5) is 27.0. The number of nitrogens with one attached hydrogen (secondary N) is 3. The molecule has 4 N–H and O–H groups in total. The molecule has 2 spiro atoms. The summed E-state index contributed by atoms with van der Waals surface area (Å²) in [6.07, 6.45) is 6.97. The Hall–Kier alpha value is -1.63. The van der Waals surface area contributed by atoms with Crippen LogP contribution in [0.1, 0.15) is 77.2 Å². The van der Waals surface area contributed by atoms with Crippen LogP contribution in [0.2, 0.25) is 5.02 Å². The molecule has 1 aromatic rings. The molecule has 4 aliphatic rings. The molecule has 2 aliphatic heterocycles. The average molecular weight is 460 g/mol. The maximum Gasteiger partial charge on any atom is 0.237 e. The fourth-order valence-electron chi connectivity index (χ4n) is 6.64. The van der Waals surface area contributed by atoms with Crippen LogP contribution in [0.4, 0.5) is 5.69 Å². The highest BCUT2D eigenvalue weighted by molar-refractivity contribution is 6.31. The number of hydrogen-bond donors (Lipinski definition) is 4. The van der Waals surface area contributed by atoms with Crippen molar-refractivity contribution >= 4 is 29.1 Å². The molecule has 1 saturated heterocycles. The third-order valence-corrected chi connectivity index (χ3v) is 8.91. The van der Waals surface area contributed by atoms with Crippen LogP contribution in [-0.2, 0) is 15.0 Å². The molecule has 32 heavy (non-hydrogen) atoms. The fraction of sp³-hybridized carbons (Fsp3) is 0.680. The van der Waals surface area contributed by atoms with Gasteiger partial charge in [0, 0.05) is 22.3 Å². The first kappa shape index (κ1) is 22.2. The van der Waals surface area contributed by atoms with Gasteiger partial charge in [0.2, 0.25) is 11.8 Å². The van der Waals surface area contributed by atoms with Gasteiger partial charge in [0.15, 0.2) is 0 Å². The summed E-state index contributed by atoms with van der Waals surface area (Å²) in [5.41, 5.74) is 0.756. The molecule has 7 heteroatoms. The summed E-state index contributed by atoms with van der Waals surface area (Å²) < 4.78 is 0. The molecule has 2 aliphatic carbocycles. The monoisotopic (exact) mass is 459 g/mol. The molecular weight excluding hydrogens is 426 g/mol. The number of aliphatic hydroxyl groups is 1. The zero-order valence-corrected chi connectivity index (χ0v) is 19.7. The van der Waals surface area contributed by atoms with Crippen molar-refractivity contribution in [1.29, 1.82) is 0 Å². The molecule has 6 nitrogen and oxygen atoms in total. The number of carbonyl (C=O) groups is 2. The van der Waals surface area contributed by atoms with Crippen molar-refractivity contribution < 1.29 is 14.7 Å². The maximum atomic E-state index is 13.6. The Labute approximate surface area is 194 Å². The number of anilines is 1. The van der Waals surface area contributed by atoms with Gasteiger partial charge in [-0.1, -0.05) is 31.5 Å². The van der Waals surface area contributed by atoms with Crippen LogP contribution in [0.5, 0.6) is 0 Å². The zero-order chi connectivity index (χ0) is 22.7. The average Bonchev–Trinajstić information content (AvgIpc) is 3.22. The number of amides is 2. The quantitative estimate of drug-likeness (QED) is 0.543. The van der Waals surface area contributed by atoms with E-state index in [1.165, 1.54) is 0 Å². The molecule has 0 aromatic heterocycles. The summed E-state index contributed by atoms with van der Waals surface area (Å²) in [7, 11) is 0. The van der Waals surface area contributed by atoms with E-state index < -0.39 is 17.0 Å². The Balaban J connectivity index is 1.47. The van der Waals surface area contributed by atoms with E-state index in [9.17, 15) is 14.7 Å². The molecule has 3 fully saturated rings. The van der Waals surface area contributed by atoms with Crippen LogP contribution >= 0.6 is 11.6 Å². The van der Waals surface area contributed by atoms with E-state index in [-0.39, 0.29) is 29.4 Å². The van der Waals surface area contributed by atoms with Crippen LogP contribution in [0.3, 0.4) is 0 Å². The van der Waals surface area contributed by atoms with E-state index >= 15 is 0 Å². The molecule has 2 amide bonds. The fourth-order valence-corrected chi connectivity index (χ4v) is 6.81. The van der Waals surface area contributed by atoms with Crippen molar-refractivity contribution in [2.75, 3.05) is 5.32 Å². The molecule has 2 atom stereocenters. The number of benzene rings is 1. The number of aliphatic hydroxyl groups excluding tert-OH is 1. The van der Waals surface area contributed by atoms with Gasteiger partial charge in [-0.2, -0.15) is 0 Å². The molecular formula is C25H34ClN3O3. The van der Waals surface area contributed by atoms with Crippen LogP contribution in [-0.4, -0.2) is 40.6 Å². The van der Waals surface area contributed by atoms with Crippen LogP contribution in [0.25, 0.3) is 0 Å². The van der Waals surface area contributed by atoms with Crippen molar-refractivity contribution in [3.63, 3.8) is 0 Å². The predicted molar refractivity (Wildman–Crippen MR) is 125 cm³/mol. The Morgan fingerprint density at radius 2 is 1.81 bits per heavy atom. The number of fused-ring (bicyclic) bond motifs is 3. The number of carbonyl (C=O) groups excluding carboxylic acids is 2. The maximum absolute atomic E-state index is 13.6. The predicted octanol–water partition coefficient (Wildman–Crippen LogP) is 3.65. The summed E-state index contributed by atoms with van der Waals surface area (Å²) in [5.74, 6) is -0.0410. The Morgan fingerprint density at radius 1 is 1.12 bits per heavy atom. The van der Waals surface area contributed by atoms with Gasteiger partial charge in [-0.25, -0.2) is 0 Å². The van der Waals surface area contributed by atoms with Gasteiger partial charge in [0.1, 0.15) is 0 Å². The van der Waals surface area contributed by atoms with Crippen molar-refractivity contribution in [2.24, 2.45) is 5.41 Å². The minimum Gasteiger partial charge on any atom is -0.393 e. The number of hydrogen-bond acceptors (Lipinski definition) is 4. The zero-order valence-electron chi connectivity index (χ0n) is 19.0. The highest BCUT2D eigenvalue weighted by atomic mass is 35.5. The first-order valence-corrected chi connectivity index (χ1v) is 12.4. The lowest BCUT2D eigenvalue weighted by atomic mass is 9.57. The smallest absolute Gasteiger partial charge is 0.237 e. The van der Waals surface area contributed by atoms with Gasteiger partial charge < -0.3 is 15.7 Å². The topological polar surface area (TPSA) is 90.5 Å². The van der Waals surface area contributed by atoms with Crippen molar-refractivity contribution in [1.82, 2.24) is 10.6 Å². The highest BCUT2D eigenvalue weighted by Gasteiger charge is 2.67. The normalized spacial score (nSPS) is 35.0. The molecule has 0 bridgehead atoms. The van der Waals surface area contributed by atoms with Crippen molar-refractivity contribution in [2.45, 2.75) is 101 Å². The number of halogens is 1. The van der Waals surface area contributed by atoms with Gasteiger partial charge in [-0.3, -0.25) is 14.9 Å². The van der Waals surface area contributed by atoms with E-state index in [0.29, 0.717) is 11.4 Å². The Morgan fingerprint density at radius 3 is 2.50 bits per heavy atom. The second-order valence-electron chi connectivity index (χ2n) is 11.2. The van der Waals surface area contributed by atoms with E-state index in [4.69, 9.17) is 11.6 Å². The van der Waals surface area contributed by atoms with E-state index in [0.717, 1.165) is 62.6 Å². The number of rotatable bonds is 2. The van der Waals surface area contributed by atoms with E-state index in [2.05, 4.69) is 29.8 Å². The summed E-state index contributed by atoms with van der Waals surface area (Å²) in [6, 6.07) is 5.32. The Bertz CT molecular complexity index is 930. The molecule has 2 unspecified atom stereocenters. The van der Waals surface area contributed by atoms with Crippen molar-refractivity contribution in [3.8, 4) is 0 Å². The first-order valence-electron chi connectivity index (χ1n) is 12.0. The summed E-state index contributed by atoms with van der Waals surface area (Å²) in [5, 5.41) is 20.4. The molecule has 5 rings (SSSR count). The highest BCUT2D eigenvalue weighted by Crippen LogP contribution is 2.58. The SMILES string of the molecule is CC1(C)CCC2(CC1)NC(C(=O)NC1CCC(O)CC1)CC21C(=O)Nc2cc(Cl)ccc21. The third-order valence-electron chi connectivity index (χ3n) is 8.67. The Kier molecular flexibility index (Phi) is 5.34. The van der Waals surface area contributed by atoms with Gasteiger partial charge in [0.05, 0.1) is 17.6 Å². The van der Waals surface area contributed by atoms with Gasteiger partial charge >= 0.3 is 0 Å². The lowest BCUT2D eigenvalue weighted by molar-refractivity contribution is -0.124. The van der Waals surface area contributed by atoms with Gasteiger partial charge in [-0.15, -0.1) is 0 Å². The standard InChI is InChI=1S/C25H34ClN3O3/c1-23(2)9-11-24(12-10-23)25(18-8-3-15(26)13-19(18)28-22(25)32)14-20(29-24)21(31)27-16-4-6-17(30)7-5-16/h3,8,13,16-17,20,29-30H,4-7,9-12,14H2,1-2H3,(H,27,31)(H,28,32). The second-order valence-corrected chi connectivity index (χ2v) is 11.6. The first-order chi connectivity index (χ1) is 15.1. The van der Waals surface area contributed by atoms with Crippen LogP contribution in [0, 0.1) is 5.41 Å². The van der Waals surface area contributed by atoms with Gasteiger partial charge in [-0.05, 0) is 80.9 Å². The molecule has 2 heterocycles.